The second-order valence-electron chi connectivity index (χ2n) is 7.13. The van der Waals surface area contributed by atoms with E-state index >= 15 is 0 Å². The van der Waals surface area contributed by atoms with Crippen LogP contribution in [0.3, 0.4) is 0 Å². The van der Waals surface area contributed by atoms with Gasteiger partial charge in [-0.05, 0) is 35.9 Å². The average molecular weight is 420 g/mol. The van der Waals surface area contributed by atoms with Crippen molar-refractivity contribution in [3.63, 3.8) is 0 Å². The molecule has 8 nitrogen and oxygen atoms in total. The van der Waals surface area contributed by atoms with Gasteiger partial charge in [0.1, 0.15) is 18.7 Å². The lowest BCUT2D eigenvalue weighted by Gasteiger charge is -2.19. The highest BCUT2D eigenvalue weighted by atomic mass is 19.1. The van der Waals surface area contributed by atoms with E-state index in [9.17, 15) is 8.78 Å². The summed E-state index contributed by atoms with van der Waals surface area (Å²) in [4.78, 5) is 3.98. The smallest absolute Gasteiger partial charge is 0.255 e. The molecule has 0 aliphatic carbocycles. The van der Waals surface area contributed by atoms with Gasteiger partial charge in [-0.2, -0.15) is 9.51 Å². The van der Waals surface area contributed by atoms with Gasteiger partial charge in [0.05, 0.1) is 5.56 Å². The Morgan fingerprint density at radius 3 is 2.65 bits per heavy atom. The standard InChI is InChI=1S/C21H16F2N7O/c1-30(12-24-11-25-30)13-31-21-17(14-5-4-6-15(22)9-14)10-19-26-27-20(29(19)28-21)16-7-2-3-8-18(16)23/h2-12H,13H2,1H3/q+1. The molecule has 0 spiro atoms. The Kier molecular flexibility index (Phi) is 4.48. The van der Waals surface area contributed by atoms with Gasteiger partial charge >= 0.3 is 0 Å². The molecule has 154 valence electrons. The first-order valence-corrected chi connectivity index (χ1v) is 9.36. The van der Waals surface area contributed by atoms with Gasteiger partial charge in [-0.3, -0.25) is 0 Å². The van der Waals surface area contributed by atoms with Crippen LogP contribution in [0.1, 0.15) is 0 Å². The van der Waals surface area contributed by atoms with Gasteiger partial charge in [-0.25, -0.2) is 8.78 Å². The number of aromatic nitrogens is 4. The fourth-order valence-corrected chi connectivity index (χ4v) is 3.21. The minimum absolute atomic E-state index is 0.0602. The molecule has 5 rings (SSSR count). The normalized spacial score (nSPS) is 17.5. The van der Waals surface area contributed by atoms with Crippen molar-refractivity contribution >= 4 is 18.3 Å². The van der Waals surface area contributed by atoms with Crippen LogP contribution in [-0.2, 0) is 0 Å². The van der Waals surface area contributed by atoms with E-state index in [0.717, 1.165) is 0 Å². The third-order valence-corrected chi connectivity index (χ3v) is 4.77. The Balaban J connectivity index is 1.65. The lowest BCUT2D eigenvalue weighted by atomic mass is 10.1. The van der Waals surface area contributed by atoms with Gasteiger partial charge in [-0.15, -0.1) is 19.9 Å². The lowest BCUT2D eigenvalue weighted by Crippen LogP contribution is -2.38. The molecular weight excluding hydrogens is 404 g/mol. The molecule has 4 aromatic rings. The van der Waals surface area contributed by atoms with E-state index in [1.165, 1.54) is 29.1 Å². The molecule has 1 unspecified atom stereocenters. The number of hydrogen-bond donors (Lipinski definition) is 0. The van der Waals surface area contributed by atoms with E-state index in [0.29, 0.717) is 16.8 Å². The van der Waals surface area contributed by atoms with Crippen molar-refractivity contribution in [3.8, 4) is 28.4 Å². The van der Waals surface area contributed by atoms with Crippen LogP contribution >= 0.6 is 0 Å². The van der Waals surface area contributed by atoms with Crippen LogP contribution in [0.25, 0.3) is 28.2 Å². The molecule has 2 aromatic carbocycles. The number of benzene rings is 2. The highest BCUT2D eigenvalue weighted by Crippen LogP contribution is 2.31. The van der Waals surface area contributed by atoms with Crippen molar-refractivity contribution in [2.45, 2.75) is 0 Å². The summed E-state index contributed by atoms with van der Waals surface area (Å²) < 4.78 is 35.7. The van der Waals surface area contributed by atoms with Crippen molar-refractivity contribution in [1.29, 1.82) is 0 Å². The Hall–Kier alpha value is -4.05. The zero-order valence-electron chi connectivity index (χ0n) is 16.4. The molecule has 0 N–H and O–H groups in total. The molecule has 0 fully saturated rings. The van der Waals surface area contributed by atoms with Gasteiger partial charge in [0.2, 0.25) is 12.2 Å². The SMILES string of the molecule is C[N+]1(COc2nn3c(-c4ccccc4F)nnc3cc2-c2cccc(F)c2)C=NC=N1. The summed E-state index contributed by atoms with van der Waals surface area (Å²) in [5, 5.41) is 17.0. The van der Waals surface area contributed by atoms with E-state index in [4.69, 9.17) is 4.74 Å². The van der Waals surface area contributed by atoms with Crippen LogP contribution in [0.4, 0.5) is 8.78 Å². The van der Waals surface area contributed by atoms with E-state index in [-0.39, 0.29) is 28.6 Å². The largest absolute Gasteiger partial charge is 0.423 e. The summed E-state index contributed by atoms with van der Waals surface area (Å²) in [6, 6.07) is 14.0. The molecule has 10 heteroatoms. The van der Waals surface area contributed by atoms with Crippen LogP contribution in [0, 0.1) is 11.6 Å². The number of halogens is 2. The van der Waals surface area contributed by atoms with Crippen LogP contribution in [0.2, 0.25) is 0 Å². The summed E-state index contributed by atoms with van der Waals surface area (Å²) in [6.07, 6.45) is 3.05. The van der Waals surface area contributed by atoms with Gasteiger partial charge in [0, 0.05) is 5.56 Å². The fraction of sp³-hybridized carbons (Fsp3) is 0.0952. The maximum Gasteiger partial charge on any atom is 0.255 e. The minimum Gasteiger partial charge on any atom is -0.423 e. The highest BCUT2D eigenvalue weighted by Gasteiger charge is 2.25. The number of fused-ring (bicyclic) bond motifs is 1. The third-order valence-electron chi connectivity index (χ3n) is 4.77. The Morgan fingerprint density at radius 2 is 1.87 bits per heavy atom. The second kappa shape index (κ2) is 7.33. The van der Waals surface area contributed by atoms with Crippen LogP contribution < -0.4 is 4.74 Å². The quantitative estimate of drug-likeness (QED) is 0.463. The van der Waals surface area contributed by atoms with E-state index in [1.807, 2.05) is 0 Å². The molecule has 0 saturated heterocycles. The zero-order valence-corrected chi connectivity index (χ0v) is 16.4. The molecule has 31 heavy (non-hydrogen) atoms. The third kappa shape index (κ3) is 3.53. The van der Waals surface area contributed by atoms with E-state index < -0.39 is 11.6 Å². The summed E-state index contributed by atoms with van der Waals surface area (Å²) in [7, 11) is 1.80. The number of hydrogen-bond acceptors (Lipinski definition) is 6. The Bertz CT molecular complexity index is 1340. The molecule has 0 bridgehead atoms. The van der Waals surface area contributed by atoms with Crippen molar-refractivity contribution in [1.82, 2.24) is 19.8 Å². The maximum absolute atomic E-state index is 14.4. The number of quaternary nitrogens is 1. The van der Waals surface area contributed by atoms with Crippen LogP contribution in [-0.4, -0.2) is 50.9 Å². The first kappa shape index (κ1) is 18.9. The molecule has 1 aliphatic rings. The summed E-state index contributed by atoms with van der Waals surface area (Å²) in [6.45, 7) is 0.0952. The van der Waals surface area contributed by atoms with E-state index in [1.54, 1.807) is 49.8 Å². The molecule has 3 heterocycles. The maximum atomic E-state index is 14.4. The van der Waals surface area contributed by atoms with Gasteiger partial charge in [-0.1, -0.05) is 29.4 Å². The Labute approximate surface area is 175 Å². The lowest BCUT2D eigenvalue weighted by molar-refractivity contribution is -0.836. The van der Waals surface area contributed by atoms with Gasteiger partial charge in [0.25, 0.3) is 6.73 Å². The molecule has 0 radical (unpaired) electrons. The molecule has 0 saturated carbocycles. The predicted molar refractivity (Wildman–Crippen MR) is 110 cm³/mol. The Morgan fingerprint density at radius 1 is 1.00 bits per heavy atom. The summed E-state index contributed by atoms with van der Waals surface area (Å²) >= 11 is 0. The fourth-order valence-electron chi connectivity index (χ4n) is 3.21. The second-order valence-corrected chi connectivity index (χ2v) is 7.13. The summed E-state index contributed by atoms with van der Waals surface area (Å²) in [5.74, 6) is -0.418. The van der Waals surface area contributed by atoms with Crippen LogP contribution in [0.5, 0.6) is 5.88 Å². The summed E-state index contributed by atoms with van der Waals surface area (Å²) in [5.41, 5.74) is 1.70. The molecule has 2 aromatic heterocycles. The van der Waals surface area contributed by atoms with Gasteiger partial charge in [0.15, 0.2) is 17.8 Å². The van der Waals surface area contributed by atoms with Crippen molar-refractivity contribution in [2.75, 3.05) is 13.8 Å². The van der Waals surface area contributed by atoms with E-state index in [2.05, 4.69) is 25.4 Å². The number of aliphatic imine (C=N–C) groups is 1. The van der Waals surface area contributed by atoms with Crippen molar-refractivity contribution in [2.24, 2.45) is 10.1 Å². The minimum atomic E-state index is -0.448. The first-order valence-electron chi connectivity index (χ1n) is 9.36. The highest BCUT2D eigenvalue weighted by molar-refractivity contribution is 5.73. The van der Waals surface area contributed by atoms with Crippen LogP contribution in [0.15, 0.2) is 64.7 Å². The predicted octanol–water partition coefficient (Wildman–Crippen LogP) is 3.50. The van der Waals surface area contributed by atoms with Crippen molar-refractivity contribution < 1.29 is 18.1 Å². The zero-order chi connectivity index (χ0) is 21.4. The molecule has 1 aliphatic heterocycles. The van der Waals surface area contributed by atoms with Crippen molar-refractivity contribution in [3.05, 3.63) is 66.2 Å². The number of rotatable bonds is 5. The number of ether oxygens (including phenoxy) is 1. The first-order chi connectivity index (χ1) is 15.0. The molecule has 1 atom stereocenters. The van der Waals surface area contributed by atoms with Gasteiger partial charge < -0.3 is 4.74 Å². The number of nitrogens with zero attached hydrogens (tertiary/aromatic N) is 7. The average Bonchev–Trinajstić information content (AvgIpc) is 3.38. The topological polar surface area (TPSA) is 77.0 Å². The molecule has 0 amide bonds. The monoisotopic (exact) mass is 420 g/mol. The molecular formula is C21H16F2N7O+.